The van der Waals surface area contributed by atoms with Crippen LogP contribution in [0.3, 0.4) is 0 Å². The number of amides is 2. The molecule has 0 aliphatic carbocycles. The molecule has 0 bridgehead atoms. The predicted molar refractivity (Wildman–Crippen MR) is 104 cm³/mol. The third kappa shape index (κ3) is 6.19. The summed E-state index contributed by atoms with van der Waals surface area (Å²) in [5.41, 5.74) is 1.64. The smallest absolute Gasteiger partial charge is 0.252 e. The summed E-state index contributed by atoms with van der Waals surface area (Å²) in [6, 6.07) is 17.2. The van der Waals surface area contributed by atoms with E-state index in [1.165, 1.54) is 0 Å². The van der Waals surface area contributed by atoms with Crippen molar-refractivity contribution < 1.29 is 9.59 Å². The van der Waals surface area contributed by atoms with Crippen molar-refractivity contribution in [2.75, 3.05) is 25.0 Å². The summed E-state index contributed by atoms with van der Waals surface area (Å²) in [5.74, 6) is -0.421. The second-order valence-electron chi connectivity index (χ2n) is 5.16. The molecule has 0 radical (unpaired) electrons. The number of hydrogen-bond acceptors (Lipinski definition) is 3. The summed E-state index contributed by atoms with van der Waals surface area (Å²) in [4.78, 5) is 23.7. The third-order valence-electron chi connectivity index (χ3n) is 3.31. The van der Waals surface area contributed by atoms with Crippen molar-refractivity contribution in [2.45, 2.75) is 6.42 Å². The Hall–Kier alpha value is -2.09. The van der Waals surface area contributed by atoms with E-state index in [0.717, 1.165) is 22.2 Å². The zero-order chi connectivity index (χ0) is 17.2. The van der Waals surface area contributed by atoms with Crippen LogP contribution in [0.4, 0.5) is 5.69 Å². The van der Waals surface area contributed by atoms with Gasteiger partial charge in [0, 0.05) is 22.3 Å². The monoisotopic (exact) mass is 437 g/mol. The Morgan fingerprint density at radius 3 is 2.33 bits per heavy atom. The average molecular weight is 437 g/mol. The molecule has 0 saturated heterocycles. The first kappa shape index (κ1) is 18.3. The Balaban J connectivity index is 1.60. The molecule has 0 atom stereocenters. The van der Waals surface area contributed by atoms with Crippen molar-refractivity contribution in [1.29, 1.82) is 0 Å². The molecule has 6 heteroatoms. The van der Waals surface area contributed by atoms with E-state index in [2.05, 4.69) is 38.5 Å². The zero-order valence-corrected chi connectivity index (χ0v) is 15.4. The maximum atomic E-state index is 12.0. The van der Waals surface area contributed by atoms with Crippen LogP contribution in [0.2, 0.25) is 0 Å². The van der Waals surface area contributed by atoms with E-state index in [4.69, 9.17) is 0 Å². The van der Waals surface area contributed by atoms with Gasteiger partial charge in [-0.15, -0.1) is 0 Å². The van der Waals surface area contributed by atoms with E-state index in [1.54, 1.807) is 12.1 Å². The molecule has 2 rings (SSSR count). The SMILES string of the molecule is O=C(CNC(=O)c1ccccc1I)NCCCNc1ccccc1. The molecule has 0 spiro atoms. The molecule has 5 nitrogen and oxygen atoms in total. The molecule has 24 heavy (non-hydrogen) atoms. The lowest BCUT2D eigenvalue weighted by atomic mass is 10.2. The minimum absolute atomic E-state index is 0.0179. The van der Waals surface area contributed by atoms with E-state index in [9.17, 15) is 9.59 Å². The summed E-state index contributed by atoms with van der Waals surface area (Å²) in [6.07, 6.45) is 0.811. The van der Waals surface area contributed by atoms with Gasteiger partial charge in [0.25, 0.3) is 5.91 Å². The number of carbonyl (C=O) groups excluding carboxylic acids is 2. The first-order chi connectivity index (χ1) is 11.7. The van der Waals surface area contributed by atoms with Gasteiger partial charge >= 0.3 is 0 Å². The van der Waals surface area contributed by atoms with Gasteiger partial charge in [0.2, 0.25) is 5.91 Å². The number of hydrogen-bond donors (Lipinski definition) is 3. The fourth-order valence-corrected chi connectivity index (χ4v) is 2.70. The first-order valence-electron chi connectivity index (χ1n) is 7.75. The van der Waals surface area contributed by atoms with Gasteiger partial charge in [0.15, 0.2) is 0 Å². The van der Waals surface area contributed by atoms with E-state index in [1.807, 2.05) is 42.5 Å². The summed E-state index contributed by atoms with van der Waals surface area (Å²) >= 11 is 2.10. The van der Waals surface area contributed by atoms with Crippen LogP contribution in [-0.4, -0.2) is 31.4 Å². The van der Waals surface area contributed by atoms with Gasteiger partial charge in [-0.3, -0.25) is 9.59 Å². The van der Waals surface area contributed by atoms with Crippen molar-refractivity contribution in [3.05, 3.63) is 63.7 Å². The van der Waals surface area contributed by atoms with Gasteiger partial charge in [-0.2, -0.15) is 0 Å². The van der Waals surface area contributed by atoms with Crippen LogP contribution in [0.1, 0.15) is 16.8 Å². The molecule has 0 heterocycles. The van der Waals surface area contributed by atoms with Crippen LogP contribution in [0, 0.1) is 3.57 Å². The molecular formula is C18H20IN3O2. The molecule has 0 unspecified atom stereocenters. The summed E-state index contributed by atoms with van der Waals surface area (Å²) in [5, 5.41) is 8.70. The lowest BCUT2D eigenvalue weighted by Gasteiger charge is -2.09. The fourth-order valence-electron chi connectivity index (χ4n) is 2.07. The van der Waals surface area contributed by atoms with Crippen molar-refractivity contribution in [1.82, 2.24) is 10.6 Å². The molecule has 0 aliphatic heterocycles. The zero-order valence-electron chi connectivity index (χ0n) is 13.2. The topological polar surface area (TPSA) is 70.2 Å². The second kappa shape index (κ2) is 9.92. The maximum Gasteiger partial charge on any atom is 0.252 e. The molecular weight excluding hydrogens is 417 g/mol. The molecule has 0 aliphatic rings. The number of rotatable bonds is 8. The van der Waals surface area contributed by atoms with Crippen molar-refractivity contribution in [3.63, 3.8) is 0 Å². The van der Waals surface area contributed by atoms with Crippen LogP contribution in [0.5, 0.6) is 0 Å². The maximum absolute atomic E-state index is 12.0. The van der Waals surface area contributed by atoms with E-state index >= 15 is 0 Å². The Bertz CT molecular complexity index is 677. The van der Waals surface area contributed by atoms with E-state index in [0.29, 0.717) is 12.1 Å². The van der Waals surface area contributed by atoms with Crippen molar-refractivity contribution >= 4 is 40.1 Å². The number of carbonyl (C=O) groups is 2. The van der Waals surface area contributed by atoms with Crippen LogP contribution in [-0.2, 0) is 4.79 Å². The Morgan fingerprint density at radius 1 is 0.875 bits per heavy atom. The average Bonchev–Trinajstić information content (AvgIpc) is 2.60. The molecule has 2 amide bonds. The Labute approximate surface area is 155 Å². The number of halogens is 1. The predicted octanol–water partition coefficient (Wildman–Crippen LogP) is 2.64. The standard InChI is InChI=1S/C18H20IN3O2/c19-16-10-5-4-9-15(16)18(24)22-13-17(23)21-12-6-11-20-14-7-2-1-3-8-14/h1-5,7-10,20H,6,11-13H2,(H,21,23)(H,22,24). The van der Waals surface area contributed by atoms with Gasteiger partial charge in [-0.05, 0) is 53.3 Å². The molecule has 0 fully saturated rings. The lowest BCUT2D eigenvalue weighted by Crippen LogP contribution is -2.37. The minimum atomic E-state index is -0.235. The van der Waals surface area contributed by atoms with Gasteiger partial charge in [0.1, 0.15) is 0 Å². The molecule has 3 N–H and O–H groups in total. The van der Waals surface area contributed by atoms with Crippen LogP contribution < -0.4 is 16.0 Å². The number of nitrogens with one attached hydrogen (secondary N) is 3. The van der Waals surface area contributed by atoms with E-state index in [-0.39, 0.29) is 18.4 Å². The summed E-state index contributed by atoms with van der Waals surface area (Å²) in [6.45, 7) is 1.33. The highest BCUT2D eigenvalue weighted by Gasteiger charge is 2.10. The third-order valence-corrected chi connectivity index (χ3v) is 4.25. The second-order valence-corrected chi connectivity index (χ2v) is 6.32. The lowest BCUT2D eigenvalue weighted by molar-refractivity contribution is -0.120. The molecule has 2 aromatic rings. The van der Waals surface area contributed by atoms with Crippen molar-refractivity contribution in [2.24, 2.45) is 0 Å². The van der Waals surface area contributed by atoms with Crippen LogP contribution in [0.15, 0.2) is 54.6 Å². The quantitative estimate of drug-likeness (QED) is 0.440. The Kier molecular flexibility index (Phi) is 7.54. The summed E-state index contributed by atoms with van der Waals surface area (Å²) < 4.78 is 0.861. The number of benzene rings is 2. The molecule has 126 valence electrons. The number of para-hydroxylation sites is 1. The first-order valence-corrected chi connectivity index (χ1v) is 8.83. The summed E-state index contributed by atoms with van der Waals surface area (Å²) in [7, 11) is 0. The van der Waals surface area contributed by atoms with Crippen molar-refractivity contribution in [3.8, 4) is 0 Å². The highest BCUT2D eigenvalue weighted by molar-refractivity contribution is 14.1. The van der Waals surface area contributed by atoms with E-state index < -0.39 is 0 Å². The van der Waals surface area contributed by atoms with Crippen LogP contribution >= 0.6 is 22.6 Å². The van der Waals surface area contributed by atoms with Gasteiger partial charge in [-0.25, -0.2) is 0 Å². The largest absolute Gasteiger partial charge is 0.385 e. The van der Waals surface area contributed by atoms with Crippen LogP contribution in [0.25, 0.3) is 0 Å². The fraction of sp³-hybridized carbons (Fsp3) is 0.222. The highest BCUT2D eigenvalue weighted by atomic mass is 127. The van der Waals surface area contributed by atoms with Gasteiger partial charge < -0.3 is 16.0 Å². The molecule has 0 aromatic heterocycles. The number of anilines is 1. The highest BCUT2D eigenvalue weighted by Crippen LogP contribution is 2.10. The minimum Gasteiger partial charge on any atom is -0.385 e. The Morgan fingerprint density at radius 2 is 1.58 bits per heavy atom. The molecule has 2 aromatic carbocycles. The molecule has 0 saturated carbocycles. The normalized spacial score (nSPS) is 10.0. The van der Waals surface area contributed by atoms with Gasteiger partial charge in [-0.1, -0.05) is 30.3 Å². The van der Waals surface area contributed by atoms with Gasteiger partial charge in [0.05, 0.1) is 12.1 Å².